The maximum Gasteiger partial charge on any atom is 0.423 e. The lowest BCUT2D eigenvalue weighted by molar-refractivity contribution is -0.138. The van der Waals surface area contributed by atoms with Crippen LogP contribution in [0, 0.1) is 0 Å². The number of nitrogens with one attached hydrogen (secondary N) is 1. The topological polar surface area (TPSA) is 134 Å². The van der Waals surface area contributed by atoms with Crippen LogP contribution in [0.3, 0.4) is 0 Å². The smallest absolute Gasteiger partial charge is 0.423 e. The molecule has 0 radical (unpaired) electrons. The number of methoxy groups -OCH3 is 1. The van der Waals surface area contributed by atoms with Crippen LogP contribution in [0.25, 0.3) is 0 Å². The molecule has 1 aliphatic rings. The Morgan fingerprint density at radius 3 is 2.47 bits per heavy atom. The van der Waals surface area contributed by atoms with E-state index in [2.05, 4.69) is 20.6 Å². The fourth-order valence-corrected chi connectivity index (χ4v) is 5.14. The molecule has 3 heterocycles. The molecule has 0 bridgehead atoms. The zero-order chi connectivity index (χ0) is 33.4. The summed E-state index contributed by atoms with van der Waals surface area (Å²) in [5, 5.41) is 10.7. The van der Waals surface area contributed by atoms with Gasteiger partial charge in [0.2, 0.25) is 0 Å². The molecule has 2 aromatic heterocycles. The molecule has 47 heavy (non-hydrogen) atoms. The van der Waals surface area contributed by atoms with Crippen LogP contribution >= 0.6 is 0 Å². The van der Waals surface area contributed by atoms with Crippen LogP contribution in [-0.2, 0) is 35.4 Å². The summed E-state index contributed by atoms with van der Waals surface area (Å²) in [6.45, 7) is 2.58. The number of likely N-dealkylation sites (tertiary alicyclic amines) is 1. The van der Waals surface area contributed by atoms with Gasteiger partial charge in [-0.25, -0.2) is 9.48 Å². The van der Waals surface area contributed by atoms with Gasteiger partial charge in [-0.3, -0.25) is 4.79 Å². The van der Waals surface area contributed by atoms with E-state index < -0.39 is 29.0 Å². The van der Waals surface area contributed by atoms with Gasteiger partial charge < -0.3 is 29.0 Å². The molecule has 0 aliphatic carbocycles. The first-order chi connectivity index (χ1) is 22.6. The molecule has 0 unspecified atom stereocenters. The van der Waals surface area contributed by atoms with Crippen LogP contribution in [0.15, 0.2) is 70.1 Å². The van der Waals surface area contributed by atoms with Crippen molar-refractivity contribution in [3.05, 3.63) is 99.6 Å². The normalized spacial score (nSPS) is 14.5. The highest BCUT2D eigenvalue weighted by atomic mass is 19.4. The van der Waals surface area contributed by atoms with Gasteiger partial charge in [0.1, 0.15) is 24.5 Å². The fourth-order valence-electron chi connectivity index (χ4n) is 5.14. The first kappa shape index (κ1) is 33.4. The summed E-state index contributed by atoms with van der Waals surface area (Å²) in [4.78, 5) is 31.3. The molecular formula is C32H35F3N6O6. The highest BCUT2D eigenvalue weighted by Gasteiger charge is 2.38. The first-order valence-electron chi connectivity index (χ1n) is 15.0. The molecule has 15 heteroatoms. The van der Waals surface area contributed by atoms with Crippen molar-refractivity contribution in [1.82, 2.24) is 24.8 Å². The Balaban J connectivity index is 1.09. The van der Waals surface area contributed by atoms with Gasteiger partial charge in [-0.2, -0.15) is 23.3 Å². The molecule has 1 N–H and O–H groups in total. The van der Waals surface area contributed by atoms with E-state index in [9.17, 15) is 22.8 Å². The summed E-state index contributed by atoms with van der Waals surface area (Å²) in [6.07, 6.45) is -3.03. The molecule has 1 atom stereocenters. The number of alkyl halides is 3. The third kappa shape index (κ3) is 8.87. The van der Waals surface area contributed by atoms with Crippen molar-refractivity contribution >= 4 is 11.8 Å². The molecule has 4 aromatic rings. The Hall–Kier alpha value is -4.92. The number of hydrogen-bond acceptors (Lipinski definition) is 10. The largest absolute Gasteiger partial charge is 0.497 e. The van der Waals surface area contributed by atoms with Crippen molar-refractivity contribution in [2.75, 3.05) is 32.1 Å². The Morgan fingerprint density at radius 1 is 1.06 bits per heavy atom. The molecule has 1 saturated heterocycles. The van der Waals surface area contributed by atoms with Crippen molar-refractivity contribution in [1.29, 1.82) is 0 Å². The average Bonchev–Trinajstić information content (AvgIpc) is 3.54. The number of rotatable bonds is 12. The van der Waals surface area contributed by atoms with Crippen LogP contribution in [0.2, 0.25) is 0 Å². The molecule has 0 spiro atoms. The Kier molecular flexibility index (Phi) is 10.8. The molecular weight excluding hydrogens is 621 g/mol. The lowest BCUT2D eigenvalue weighted by Crippen LogP contribution is -2.38. The number of benzene rings is 2. The number of halogens is 3. The van der Waals surface area contributed by atoms with Gasteiger partial charge in [0, 0.05) is 25.0 Å². The minimum Gasteiger partial charge on any atom is -0.497 e. The number of amides is 1. The summed E-state index contributed by atoms with van der Waals surface area (Å²) in [6, 6.07) is 15.4. The Bertz CT molecular complexity index is 1670. The van der Waals surface area contributed by atoms with E-state index in [0.717, 1.165) is 16.4 Å². The van der Waals surface area contributed by atoms with Gasteiger partial charge in [0.15, 0.2) is 5.82 Å². The third-order valence-electron chi connectivity index (χ3n) is 7.62. The predicted molar refractivity (Wildman–Crippen MR) is 163 cm³/mol. The molecule has 12 nitrogen and oxygen atoms in total. The number of nitrogens with zero attached hydrogens (tertiary/aromatic N) is 5. The monoisotopic (exact) mass is 656 g/mol. The maximum absolute atomic E-state index is 14.0. The summed E-state index contributed by atoms with van der Waals surface area (Å²) >= 11 is 0. The van der Waals surface area contributed by atoms with Crippen LogP contribution in [-0.4, -0.2) is 63.8 Å². The van der Waals surface area contributed by atoms with E-state index in [0.29, 0.717) is 43.1 Å². The minimum atomic E-state index is -4.91. The molecule has 1 fully saturated rings. The zero-order valence-corrected chi connectivity index (χ0v) is 25.9. The number of carbonyl (C=O) groups excluding carboxylic acids is 1. The molecule has 5 rings (SSSR count). The Morgan fingerprint density at radius 2 is 1.79 bits per heavy atom. The van der Waals surface area contributed by atoms with Crippen molar-refractivity contribution < 1.29 is 36.7 Å². The number of carbonyl (C=O) groups is 1. The average molecular weight is 657 g/mol. The number of ether oxygens (including phenoxy) is 3. The van der Waals surface area contributed by atoms with E-state index in [4.69, 9.17) is 18.7 Å². The van der Waals surface area contributed by atoms with E-state index >= 15 is 0 Å². The van der Waals surface area contributed by atoms with Crippen LogP contribution in [0.5, 0.6) is 5.75 Å². The number of hydrogen-bond donors (Lipinski definition) is 1. The van der Waals surface area contributed by atoms with E-state index in [1.807, 2.05) is 30.3 Å². The second-order valence-corrected chi connectivity index (χ2v) is 11.2. The number of anilines is 1. The summed E-state index contributed by atoms with van der Waals surface area (Å²) in [5.74, 6) is 1.29. The highest BCUT2D eigenvalue weighted by molar-refractivity contribution is 5.67. The zero-order valence-electron chi connectivity index (χ0n) is 25.9. The lowest BCUT2D eigenvalue weighted by atomic mass is 9.96. The van der Waals surface area contributed by atoms with Gasteiger partial charge in [0.05, 0.1) is 32.1 Å². The molecule has 2 aromatic carbocycles. The molecule has 0 saturated carbocycles. The van der Waals surface area contributed by atoms with Crippen molar-refractivity contribution in [2.45, 2.75) is 57.7 Å². The predicted octanol–water partition coefficient (Wildman–Crippen LogP) is 5.24. The van der Waals surface area contributed by atoms with Crippen LogP contribution in [0.4, 0.5) is 23.7 Å². The third-order valence-corrected chi connectivity index (χ3v) is 7.62. The van der Waals surface area contributed by atoms with Crippen molar-refractivity contribution in [3.8, 4) is 5.75 Å². The van der Waals surface area contributed by atoms with Gasteiger partial charge in [-0.1, -0.05) is 47.6 Å². The second-order valence-electron chi connectivity index (χ2n) is 11.2. The van der Waals surface area contributed by atoms with Crippen LogP contribution in [0.1, 0.15) is 54.1 Å². The lowest BCUT2D eigenvalue weighted by Gasteiger charge is -2.29. The number of aromatic nitrogens is 4. The van der Waals surface area contributed by atoms with Gasteiger partial charge >= 0.3 is 12.3 Å². The summed E-state index contributed by atoms with van der Waals surface area (Å²) in [5.41, 5.74) is -1.55. The highest BCUT2D eigenvalue weighted by Crippen LogP contribution is 2.32. The molecule has 250 valence electrons. The van der Waals surface area contributed by atoms with Gasteiger partial charge in [-0.05, 0) is 43.0 Å². The standard InChI is InChI=1S/C32H35F3N6O6/c1-21(37-26-16-36-41(30(42)28(26)32(33,34)35)17-22-8-10-25(44-2)11-9-22)18-45-20-27-38-29(39-47-27)24-12-14-40(15-13-24)31(43)46-19-23-6-4-3-5-7-23/h3-11,16,21,24,37H,12-15,17-20H2,1-2H3/t21-/m1/s1. The molecule has 1 aliphatic heterocycles. The van der Waals surface area contributed by atoms with Crippen LogP contribution < -0.4 is 15.6 Å². The fraction of sp³-hybridized carbons (Fsp3) is 0.406. The van der Waals surface area contributed by atoms with E-state index in [-0.39, 0.29) is 44.3 Å². The first-order valence-corrected chi connectivity index (χ1v) is 15.0. The molecule has 1 amide bonds. The van der Waals surface area contributed by atoms with E-state index in [1.54, 1.807) is 36.1 Å². The summed E-state index contributed by atoms with van der Waals surface area (Å²) < 4.78 is 64.2. The quantitative estimate of drug-likeness (QED) is 0.216. The van der Waals surface area contributed by atoms with Gasteiger partial charge in [-0.15, -0.1) is 0 Å². The van der Waals surface area contributed by atoms with E-state index in [1.165, 1.54) is 7.11 Å². The maximum atomic E-state index is 14.0. The van der Waals surface area contributed by atoms with Crippen molar-refractivity contribution in [3.63, 3.8) is 0 Å². The summed E-state index contributed by atoms with van der Waals surface area (Å²) in [7, 11) is 1.50. The van der Waals surface area contributed by atoms with Crippen molar-refractivity contribution in [2.24, 2.45) is 0 Å². The SMILES string of the molecule is COc1ccc(Cn2ncc(N[C@H](C)COCc3nc(C4CCN(C(=O)OCc5ccccc5)CC4)no3)c(C(F)(F)F)c2=O)cc1. The second kappa shape index (κ2) is 15.1. The minimum absolute atomic E-state index is 0.00796. The van der Waals surface area contributed by atoms with Gasteiger partial charge in [0.25, 0.3) is 11.4 Å². The Labute approximate surface area is 268 Å². The number of piperidine rings is 1.